The predicted octanol–water partition coefficient (Wildman–Crippen LogP) is 3.11. The van der Waals surface area contributed by atoms with Crippen molar-refractivity contribution in [3.63, 3.8) is 0 Å². The number of amides is 1. The molecular weight excluding hydrogens is 288 g/mol. The third-order valence-corrected chi connectivity index (χ3v) is 3.87. The van der Waals surface area contributed by atoms with Gasteiger partial charge in [0, 0.05) is 37.8 Å². The molecule has 23 heavy (non-hydrogen) atoms. The Bertz CT molecular complexity index is 581. The molecule has 0 aliphatic carbocycles. The Balaban J connectivity index is 1.90. The van der Waals surface area contributed by atoms with E-state index in [1.807, 2.05) is 37.8 Å². The number of ether oxygens (including phenoxy) is 1. The Labute approximate surface area is 139 Å². The van der Waals surface area contributed by atoms with E-state index in [9.17, 15) is 4.79 Å². The van der Waals surface area contributed by atoms with Gasteiger partial charge in [0.15, 0.2) is 0 Å². The van der Waals surface area contributed by atoms with Gasteiger partial charge in [-0.2, -0.15) is 0 Å². The normalized spacial score (nSPS) is 19.3. The van der Waals surface area contributed by atoms with Gasteiger partial charge < -0.3 is 9.64 Å². The highest BCUT2D eigenvalue weighted by Crippen LogP contribution is 2.17. The fourth-order valence-electron chi connectivity index (χ4n) is 2.73. The number of carbonyl (C=O) groups excluding carboxylic acids is 1. The highest BCUT2D eigenvalue weighted by Gasteiger charge is 2.30. The second kappa shape index (κ2) is 7.06. The molecule has 4 heteroatoms. The van der Waals surface area contributed by atoms with E-state index >= 15 is 0 Å². The molecule has 124 valence electrons. The van der Waals surface area contributed by atoms with Gasteiger partial charge in [-0.25, -0.2) is 4.79 Å². The minimum Gasteiger partial charge on any atom is -0.444 e. The van der Waals surface area contributed by atoms with Gasteiger partial charge in [0.05, 0.1) is 0 Å². The van der Waals surface area contributed by atoms with Gasteiger partial charge in [0.2, 0.25) is 0 Å². The van der Waals surface area contributed by atoms with Gasteiger partial charge in [-0.15, -0.1) is 6.42 Å². The summed E-state index contributed by atoms with van der Waals surface area (Å²) in [6.07, 6.45) is 5.16. The first kappa shape index (κ1) is 17.4. The summed E-state index contributed by atoms with van der Waals surface area (Å²) in [5.41, 5.74) is 1.69. The van der Waals surface area contributed by atoms with Crippen molar-refractivity contribution >= 4 is 6.09 Å². The second-order valence-corrected chi connectivity index (χ2v) is 7.10. The molecular formula is C19H26N2O2. The number of piperazine rings is 1. The highest BCUT2D eigenvalue weighted by molar-refractivity contribution is 5.68. The van der Waals surface area contributed by atoms with Crippen LogP contribution < -0.4 is 0 Å². The molecule has 1 atom stereocenters. The number of benzene rings is 1. The maximum atomic E-state index is 12.2. The van der Waals surface area contributed by atoms with Gasteiger partial charge >= 0.3 is 6.09 Å². The van der Waals surface area contributed by atoms with Gasteiger partial charge in [-0.05, 0) is 45.4 Å². The third kappa shape index (κ3) is 5.01. The summed E-state index contributed by atoms with van der Waals surface area (Å²) >= 11 is 0. The van der Waals surface area contributed by atoms with Crippen molar-refractivity contribution in [3.05, 3.63) is 35.4 Å². The lowest BCUT2D eigenvalue weighted by Gasteiger charge is -2.40. The number of rotatable bonds is 2. The smallest absolute Gasteiger partial charge is 0.410 e. The first-order valence-electron chi connectivity index (χ1n) is 8.06. The molecule has 1 aliphatic heterocycles. The summed E-state index contributed by atoms with van der Waals surface area (Å²) in [5, 5.41) is 0. The summed E-state index contributed by atoms with van der Waals surface area (Å²) in [6, 6.07) is 8.22. The van der Waals surface area contributed by atoms with Crippen LogP contribution >= 0.6 is 0 Å². The molecule has 2 rings (SSSR count). The number of hydrogen-bond donors (Lipinski definition) is 0. The molecule has 1 heterocycles. The monoisotopic (exact) mass is 314 g/mol. The van der Waals surface area contributed by atoms with Crippen molar-refractivity contribution in [3.8, 4) is 12.3 Å². The molecule has 4 nitrogen and oxygen atoms in total. The molecule has 0 aromatic heterocycles. The average Bonchev–Trinajstić information content (AvgIpc) is 2.46. The van der Waals surface area contributed by atoms with Crippen LogP contribution in [0, 0.1) is 12.3 Å². The van der Waals surface area contributed by atoms with Gasteiger partial charge in [-0.1, -0.05) is 18.1 Å². The van der Waals surface area contributed by atoms with Crippen LogP contribution in [0.5, 0.6) is 0 Å². The summed E-state index contributed by atoms with van der Waals surface area (Å²) < 4.78 is 5.48. The molecule has 0 N–H and O–H groups in total. The van der Waals surface area contributed by atoms with Crippen molar-refractivity contribution in [1.82, 2.24) is 9.80 Å². The van der Waals surface area contributed by atoms with E-state index in [-0.39, 0.29) is 12.1 Å². The van der Waals surface area contributed by atoms with E-state index in [2.05, 4.69) is 29.9 Å². The summed E-state index contributed by atoms with van der Waals surface area (Å²) in [5.74, 6) is 2.63. The minimum absolute atomic E-state index is 0.142. The quantitative estimate of drug-likeness (QED) is 0.786. The lowest BCUT2D eigenvalue weighted by Crippen LogP contribution is -2.54. The molecule has 1 saturated heterocycles. The van der Waals surface area contributed by atoms with Crippen molar-refractivity contribution in [1.29, 1.82) is 0 Å². The largest absolute Gasteiger partial charge is 0.444 e. The van der Waals surface area contributed by atoms with E-state index in [1.165, 1.54) is 5.56 Å². The van der Waals surface area contributed by atoms with Crippen molar-refractivity contribution in [2.24, 2.45) is 0 Å². The maximum Gasteiger partial charge on any atom is 0.410 e. The molecule has 0 radical (unpaired) electrons. The summed E-state index contributed by atoms with van der Waals surface area (Å²) in [6.45, 7) is 11.0. The van der Waals surface area contributed by atoms with Crippen LogP contribution in [0.15, 0.2) is 24.3 Å². The van der Waals surface area contributed by atoms with Gasteiger partial charge in [0.25, 0.3) is 0 Å². The molecule has 0 unspecified atom stereocenters. The molecule has 1 aromatic carbocycles. The second-order valence-electron chi connectivity index (χ2n) is 7.10. The van der Waals surface area contributed by atoms with Gasteiger partial charge in [0.1, 0.15) is 5.60 Å². The zero-order chi connectivity index (χ0) is 17.0. The first-order chi connectivity index (χ1) is 10.8. The van der Waals surface area contributed by atoms with E-state index in [0.29, 0.717) is 6.54 Å². The van der Waals surface area contributed by atoms with E-state index in [4.69, 9.17) is 11.2 Å². The maximum absolute atomic E-state index is 12.2. The van der Waals surface area contributed by atoms with Crippen molar-refractivity contribution in [2.75, 3.05) is 19.6 Å². The van der Waals surface area contributed by atoms with E-state index in [1.54, 1.807) is 0 Å². The number of terminal acetylenes is 1. The van der Waals surface area contributed by atoms with Crippen LogP contribution in [0.3, 0.4) is 0 Å². The lowest BCUT2D eigenvalue weighted by molar-refractivity contribution is 0.000563. The summed E-state index contributed by atoms with van der Waals surface area (Å²) in [4.78, 5) is 16.4. The number of hydrogen-bond acceptors (Lipinski definition) is 3. The Kier molecular flexibility index (Phi) is 5.33. The highest BCUT2D eigenvalue weighted by atomic mass is 16.6. The van der Waals surface area contributed by atoms with Crippen molar-refractivity contribution < 1.29 is 9.53 Å². The molecule has 1 aliphatic rings. The van der Waals surface area contributed by atoms with Crippen LogP contribution in [0.1, 0.15) is 38.8 Å². The fraction of sp³-hybridized carbons (Fsp3) is 0.526. The number of carbonyl (C=O) groups is 1. The Hall–Kier alpha value is -1.99. The minimum atomic E-state index is -0.452. The lowest BCUT2D eigenvalue weighted by atomic mass is 10.1. The zero-order valence-corrected chi connectivity index (χ0v) is 14.5. The SMILES string of the molecule is C#Cc1ccc(CN2CCN(C(=O)OC(C)(C)C)[C@H](C)C2)cc1. The topological polar surface area (TPSA) is 32.8 Å². The first-order valence-corrected chi connectivity index (χ1v) is 8.06. The van der Waals surface area contributed by atoms with Crippen LogP contribution in [-0.2, 0) is 11.3 Å². The van der Waals surface area contributed by atoms with Crippen molar-refractivity contribution in [2.45, 2.75) is 45.9 Å². The zero-order valence-electron chi connectivity index (χ0n) is 14.5. The fourth-order valence-corrected chi connectivity index (χ4v) is 2.73. The summed E-state index contributed by atoms with van der Waals surface area (Å²) in [7, 11) is 0. The standard InChI is InChI=1S/C19H26N2O2/c1-6-16-7-9-17(10-8-16)14-20-11-12-21(15(2)13-20)18(22)23-19(3,4)5/h1,7-10,15H,11-14H2,2-5H3/t15-/m1/s1. The van der Waals surface area contributed by atoms with E-state index < -0.39 is 5.60 Å². The van der Waals surface area contributed by atoms with Crippen LogP contribution in [0.2, 0.25) is 0 Å². The van der Waals surface area contributed by atoms with Gasteiger partial charge in [-0.3, -0.25) is 4.90 Å². The average molecular weight is 314 g/mol. The van der Waals surface area contributed by atoms with Crippen LogP contribution in [0.4, 0.5) is 4.79 Å². The van der Waals surface area contributed by atoms with Crippen LogP contribution in [0.25, 0.3) is 0 Å². The third-order valence-electron chi connectivity index (χ3n) is 3.87. The molecule has 1 fully saturated rings. The molecule has 0 saturated carbocycles. The Morgan fingerprint density at radius 3 is 2.48 bits per heavy atom. The molecule has 0 spiro atoms. The Morgan fingerprint density at radius 1 is 1.30 bits per heavy atom. The molecule has 1 amide bonds. The Morgan fingerprint density at radius 2 is 1.96 bits per heavy atom. The van der Waals surface area contributed by atoms with E-state index in [0.717, 1.165) is 25.2 Å². The number of nitrogens with zero attached hydrogens (tertiary/aromatic N) is 2. The predicted molar refractivity (Wildman–Crippen MR) is 92.1 cm³/mol. The molecule has 1 aromatic rings. The van der Waals surface area contributed by atoms with Crippen LogP contribution in [-0.4, -0.2) is 47.2 Å². The molecule has 0 bridgehead atoms.